The Morgan fingerprint density at radius 3 is 2.35 bits per heavy atom. The van der Waals surface area contributed by atoms with Crippen molar-refractivity contribution in [2.75, 3.05) is 20.8 Å². The lowest BCUT2D eigenvalue weighted by atomic mass is 9.64. The Labute approximate surface area is 103 Å². The number of hydrogen-bond acceptors (Lipinski definition) is 3. The van der Waals surface area contributed by atoms with Crippen LogP contribution in [0.3, 0.4) is 0 Å². The molecule has 0 aromatic heterocycles. The summed E-state index contributed by atoms with van der Waals surface area (Å²) in [5, 5.41) is 0. The van der Waals surface area contributed by atoms with Crippen LogP contribution in [0.2, 0.25) is 0 Å². The molecule has 17 heavy (non-hydrogen) atoms. The molecule has 0 radical (unpaired) electrons. The standard InChI is InChI=1S/C14H21NO2/c1-10-12(16-2)6-5-11(13(10)17-3)14(9-15)7-4-8-14/h5-6H,4,7-9,15H2,1-3H3. The van der Waals surface area contributed by atoms with E-state index in [1.165, 1.54) is 12.0 Å². The van der Waals surface area contributed by atoms with Crippen LogP contribution < -0.4 is 15.2 Å². The summed E-state index contributed by atoms with van der Waals surface area (Å²) in [7, 11) is 3.40. The van der Waals surface area contributed by atoms with Crippen molar-refractivity contribution in [3.63, 3.8) is 0 Å². The van der Waals surface area contributed by atoms with Gasteiger partial charge in [0, 0.05) is 23.1 Å². The van der Waals surface area contributed by atoms with Crippen LogP contribution in [-0.4, -0.2) is 20.8 Å². The van der Waals surface area contributed by atoms with Gasteiger partial charge in [0.1, 0.15) is 11.5 Å². The predicted octanol–water partition coefficient (Wildman–Crippen LogP) is 2.39. The average Bonchev–Trinajstić information content (AvgIpc) is 2.29. The number of benzene rings is 1. The molecule has 0 saturated heterocycles. The van der Waals surface area contributed by atoms with Crippen LogP contribution in [0.15, 0.2) is 12.1 Å². The molecule has 2 rings (SSSR count). The third kappa shape index (κ3) is 1.78. The Hall–Kier alpha value is -1.22. The van der Waals surface area contributed by atoms with Gasteiger partial charge in [-0.3, -0.25) is 0 Å². The van der Waals surface area contributed by atoms with Gasteiger partial charge in [-0.25, -0.2) is 0 Å². The smallest absolute Gasteiger partial charge is 0.129 e. The zero-order chi connectivity index (χ0) is 12.5. The van der Waals surface area contributed by atoms with E-state index in [2.05, 4.69) is 6.07 Å². The molecule has 0 unspecified atom stereocenters. The highest BCUT2D eigenvalue weighted by atomic mass is 16.5. The second-order valence-electron chi connectivity index (χ2n) is 4.81. The summed E-state index contributed by atoms with van der Waals surface area (Å²) < 4.78 is 10.9. The number of nitrogens with two attached hydrogens (primary N) is 1. The van der Waals surface area contributed by atoms with Gasteiger partial charge in [-0.1, -0.05) is 12.5 Å². The van der Waals surface area contributed by atoms with E-state index in [0.29, 0.717) is 6.54 Å². The van der Waals surface area contributed by atoms with Crippen molar-refractivity contribution in [1.82, 2.24) is 0 Å². The van der Waals surface area contributed by atoms with Crippen molar-refractivity contribution in [3.8, 4) is 11.5 Å². The molecule has 1 aromatic rings. The number of ether oxygens (including phenoxy) is 2. The van der Waals surface area contributed by atoms with E-state index in [9.17, 15) is 0 Å². The Bertz CT molecular complexity index is 405. The molecule has 3 heteroatoms. The zero-order valence-electron chi connectivity index (χ0n) is 10.9. The first-order valence-corrected chi connectivity index (χ1v) is 6.10. The molecule has 2 N–H and O–H groups in total. The van der Waals surface area contributed by atoms with Gasteiger partial charge in [0.2, 0.25) is 0 Å². The lowest BCUT2D eigenvalue weighted by Gasteiger charge is -2.42. The third-order valence-electron chi connectivity index (χ3n) is 4.05. The summed E-state index contributed by atoms with van der Waals surface area (Å²) in [5.74, 6) is 1.81. The van der Waals surface area contributed by atoms with Crippen molar-refractivity contribution in [2.24, 2.45) is 5.73 Å². The molecular weight excluding hydrogens is 214 g/mol. The summed E-state index contributed by atoms with van der Waals surface area (Å²) in [5.41, 5.74) is 8.39. The molecule has 0 bridgehead atoms. The Balaban J connectivity index is 2.51. The molecule has 0 spiro atoms. The maximum atomic E-state index is 5.96. The Kier molecular flexibility index (Phi) is 3.29. The topological polar surface area (TPSA) is 44.5 Å². The normalized spacial score (nSPS) is 17.4. The minimum absolute atomic E-state index is 0.127. The molecule has 0 aliphatic heterocycles. The van der Waals surface area contributed by atoms with E-state index in [0.717, 1.165) is 29.9 Å². The molecule has 1 aliphatic carbocycles. The summed E-state index contributed by atoms with van der Waals surface area (Å²) >= 11 is 0. The van der Waals surface area contributed by atoms with Crippen LogP contribution in [0.5, 0.6) is 11.5 Å². The van der Waals surface area contributed by atoms with Crippen LogP contribution in [-0.2, 0) is 5.41 Å². The molecule has 0 heterocycles. The summed E-state index contributed by atoms with van der Waals surface area (Å²) in [4.78, 5) is 0. The quantitative estimate of drug-likeness (QED) is 0.871. The SMILES string of the molecule is COc1ccc(C2(CN)CCC2)c(OC)c1C. The first kappa shape index (κ1) is 12.2. The average molecular weight is 235 g/mol. The van der Waals surface area contributed by atoms with Gasteiger partial charge in [-0.2, -0.15) is 0 Å². The van der Waals surface area contributed by atoms with Crippen LogP contribution in [0.4, 0.5) is 0 Å². The van der Waals surface area contributed by atoms with Crippen molar-refractivity contribution in [1.29, 1.82) is 0 Å². The monoisotopic (exact) mass is 235 g/mol. The van der Waals surface area contributed by atoms with Gasteiger partial charge in [-0.15, -0.1) is 0 Å². The van der Waals surface area contributed by atoms with E-state index >= 15 is 0 Å². The van der Waals surface area contributed by atoms with Gasteiger partial charge in [0.25, 0.3) is 0 Å². The van der Waals surface area contributed by atoms with Crippen LogP contribution in [0.1, 0.15) is 30.4 Å². The van der Waals surface area contributed by atoms with E-state index < -0.39 is 0 Å². The summed E-state index contributed by atoms with van der Waals surface area (Å²) in [6.07, 6.45) is 3.57. The van der Waals surface area contributed by atoms with Crippen molar-refractivity contribution in [3.05, 3.63) is 23.3 Å². The molecule has 0 amide bonds. The van der Waals surface area contributed by atoms with E-state index in [4.69, 9.17) is 15.2 Å². The lowest BCUT2D eigenvalue weighted by Crippen LogP contribution is -2.41. The fourth-order valence-corrected chi connectivity index (χ4v) is 2.76. The highest BCUT2D eigenvalue weighted by Crippen LogP contribution is 2.48. The highest BCUT2D eigenvalue weighted by Gasteiger charge is 2.40. The van der Waals surface area contributed by atoms with Crippen LogP contribution >= 0.6 is 0 Å². The predicted molar refractivity (Wildman–Crippen MR) is 68.9 cm³/mol. The largest absolute Gasteiger partial charge is 0.496 e. The molecule has 0 atom stereocenters. The van der Waals surface area contributed by atoms with Gasteiger partial charge in [0.05, 0.1) is 14.2 Å². The van der Waals surface area contributed by atoms with Crippen LogP contribution in [0, 0.1) is 6.92 Å². The Morgan fingerprint density at radius 2 is 1.94 bits per heavy atom. The Morgan fingerprint density at radius 1 is 1.24 bits per heavy atom. The minimum Gasteiger partial charge on any atom is -0.496 e. The zero-order valence-corrected chi connectivity index (χ0v) is 10.9. The second kappa shape index (κ2) is 4.57. The van der Waals surface area contributed by atoms with Crippen molar-refractivity contribution < 1.29 is 9.47 Å². The minimum atomic E-state index is 0.127. The van der Waals surface area contributed by atoms with Crippen molar-refractivity contribution >= 4 is 0 Å². The number of rotatable bonds is 4. The third-order valence-corrected chi connectivity index (χ3v) is 4.05. The molecule has 3 nitrogen and oxygen atoms in total. The molecule has 1 aromatic carbocycles. The maximum Gasteiger partial charge on any atom is 0.129 e. The number of hydrogen-bond donors (Lipinski definition) is 1. The van der Waals surface area contributed by atoms with E-state index in [1.807, 2.05) is 13.0 Å². The molecule has 1 aliphatic rings. The maximum absolute atomic E-state index is 5.96. The summed E-state index contributed by atoms with van der Waals surface area (Å²) in [6.45, 7) is 2.72. The highest BCUT2D eigenvalue weighted by molar-refractivity contribution is 5.53. The van der Waals surface area contributed by atoms with E-state index in [-0.39, 0.29) is 5.41 Å². The van der Waals surface area contributed by atoms with Crippen LogP contribution in [0.25, 0.3) is 0 Å². The lowest BCUT2D eigenvalue weighted by molar-refractivity contribution is 0.242. The molecule has 94 valence electrons. The molecule has 1 fully saturated rings. The fourth-order valence-electron chi connectivity index (χ4n) is 2.76. The van der Waals surface area contributed by atoms with Crippen molar-refractivity contribution in [2.45, 2.75) is 31.6 Å². The molecular formula is C14H21NO2. The number of methoxy groups -OCH3 is 2. The molecule has 1 saturated carbocycles. The fraction of sp³-hybridized carbons (Fsp3) is 0.571. The van der Waals surface area contributed by atoms with Gasteiger partial charge in [-0.05, 0) is 25.8 Å². The van der Waals surface area contributed by atoms with Gasteiger partial charge < -0.3 is 15.2 Å². The second-order valence-corrected chi connectivity index (χ2v) is 4.81. The van der Waals surface area contributed by atoms with Gasteiger partial charge in [0.15, 0.2) is 0 Å². The first-order chi connectivity index (χ1) is 8.18. The summed E-state index contributed by atoms with van der Waals surface area (Å²) in [6, 6.07) is 4.12. The first-order valence-electron chi connectivity index (χ1n) is 6.10. The van der Waals surface area contributed by atoms with Gasteiger partial charge >= 0.3 is 0 Å². The van der Waals surface area contributed by atoms with E-state index in [1.54, 1.807) is 14.2 Å².